The second-order valence-corrected chi connectivity index (χ2v) is 4.91. The van der Waals surface area contributed by atoms with Gasteiger partial charge in [-0.05, 0) is 18.4 Å². The summed E-state index contributed by atoms with van der Waals surface area (Å²) in [6.45, 7) is 7.98. The Balaban J connectivity index is 2.28. The van der Waals surface area contributed by atoms with E-state index in [4.69, 9.17) is 0 Å². The van der Waals surface area contributed by atoms with Crippen molar-refractivity contribution >= 4 is 5.91 Å². The van der Waals surface area contributed by atoms with Gasteiger partial charge in [-0.15, -0.1) is 0 Å². The lowest BCUT2D eigenvalue weighted by atomic mass is 10.2. The Morgan fingerprint density at radius 1 is 1.50 bits per heavy atom. The van der Waals surface area contributed by atoms with Crippen molar-refractivity contribution in [3.63, 3.8) is 0 Å². The molecule has 18 heavy (non-hydrogen) atoms. The van der Waals surface area contributed by atoms with E-state index in [9.17, 15) is 4.79 Å². The highest BCUT2D eigenvalue weighted by Gasteiger charge is 2.05. The minimum atomic E-state index is 0.0431. The molecule has 5 heteroatoms. The first-order valence-corrected chi connectivity index (χ1v) is 6.52. The largest absolute Gasteiger partial charge is 0.355 e. The van der Waals surface area contributed by atoms with E-state index >= 15 is 0 Å². The Morgan fingerprint density at radius 2 is 2.22 bits per heavy atom. The molecule has 5 nitrogen and oxygen atoms in total. The zero-order valence-corrected chi connectivity index (χ0v) is 11.8. The number of hydrogen-bond acceptors (Lipinski definition) is 3. The number of amides is 1. The number of rotatable bonds is 7. The molecule has 0 aromatic carbocycles. The van der Waals surface area contributed by atoms with Gasteiger partial charge in [0.15, 0.2) is 0 Å². The number of carbonyl (C=O) groups excluding carboxylic acids is 1. The molecular weight excluding hydrogens is 228 g/mol. The fourth-order valence-corrected chi connectivity index (χ4v) is 1.59. The lowest BCUT2D eigenvalue weighted by molar-refractivity contribution is -0.120. The number of carbonyl (C=O) groups is 1. The van der Waals surface area contributed by atoms with Crippen molar-refractivity contribution in [3.8, 4) is 0 Å². The molecule has 0 spiro atoms. The first-order valence-electron chi connectivity index (χ1n) is 6.52. The molecule has 1 aromatic heterocycles. The van der Waals surface area contributed by atoms with Crippen LogP contribution in [0, 0.1) is 5.92 Å². The predicted molar refractivity (Wildman–Crippen MR) is 72.1 cm³/mol. The Hall–Kier alpha value is -1.36. The molecule has 1 rings (SSSR count). The third-order valence-corrected chi connectivity index (χ3v) is 2.69. The summed E-state index contributed by atoms with van der Waals surface area (Å²) in [7, 11) is 1.93. The molecule has 0 aliphatic carbocycles. The van der Waals surface area contributed by atoms with Crippen LogP contribution in [0.4, 0.5) is 0 Å². The maximum absolute atomic E-state index is 11.5. The number of hydrogen-bond donors (Lipinski definition) is 2. The van der Waals surface area contributed by atoms with E-state index in [1.807, 2.05) is 11.7 Å². The molecule has 2 N–H and O–H groups in total. The fraction of sp³-hybridized carbons (Fsp3) is 0.692. The van der Waals surface area contributed by atoms with Crippen LogP contribution in [0.3, 0.4) is 0 Å². The van der Waals surface area contributed by atoms with Crippen LogP contribution >= 0.6 is 0 Å². The SMILES string of the molecule is CCc1cc(CNCC(=O)NCC(C)C)n(C)n1. The van der Waals surface area contributed by atoms with Gasteiger partial charge in [-0.1, -0.05) is 20.8 Å². The van der Waals surface area contributed by atoms with Gasteiger partial charge in [-0.3, -0.25) is 9.48 Å². The van der Waals surface area contributed by atoms with E-state index in [0.29, 0.717) is 19.0 Å². The number of nitrogens with one attached hydrogen (secondary N) is 2. The average Bonchev–Trinajstić information content (AvgIpc) is 2.68. The molecule has 0 atom stereocenters. The Morgan fingerprint density at radius 3 is 2.78 bits per heavy atom. The first kappa shape index (κ1) is 14.7. The van der Waals surface area contributed by atoms with E-state index in [-0.39, 0.29) is 5.91 Å². The quantitative estimate of drug-likeness (QED) is 0.756. The second kappa shape index (κ2) is 7.16. The normalized spacial score (nSPS) is 10.9. The minimum Gasteiger partial charge on any atom is -0.355 e. The van der Waals surface area contributed by atoms with Gasteiger partial charge in [-0.2, -0.15) is 5.10 Å². The van der Waals surface area contributed by atoms with E-state index < -0.39 is 0 Å². The van der Waals surface area contributed by atoms with Crippen molar-refractivity contribution in [2.75, 3.05) is 13.1 Å². The smallest absolute Gasteiger partial charge is 0.233 e. The zero-order valence-electron chi connectivity index (χ0n) is 11.8. The highest BCUT2D eigenvalue weighted by atomic mass is 16.1. The van der Waals surface area contributed by atoms with Gasteiger partial charge in [0.25, 0.3) is 0 Å². The van der Waals surface area contributed by atoms with Crippen LogP contribution < -0.4 is 10.6 Å². The van der Waals surface area contributed by atoms with Crippen molar-refractivity contribution in [2.45, 2.75) is 33.7 Å². The van der Waals surface area contributed by atoms with Gasteiger partial charge in [0.05, 0.1) is 17.9 Å². The van der Waals surface area contributed by atoms with Crippen LogP contribution in [0.25, 0.3) is 0 Å². The summed E-state index contributed by atoms with van der Waals surface area (Å²) < 4.78 is 1.86. The molecule has 0 aliphatic rings. The Kier molecular flexibility index (Phi) is 5.85. The summed E-state index contributed by atoms with van der Waals surface area (Å²) in [5.41, 5.74) is 2.18. The van der Waals surface area contributed by atoms with Crippen molar-refractivity contribution in [1.82, 2.24) is 20.4 Å². The van der Waals surface area contributed by atoms with Crippen LogP contribution in [-0.4, -0.2) is 28.8 Å². The van der Waals surface area contributed by atoms with E-state index in [1.165, 1.54) is 0 Å². The molecule has 1 aromatic rings. The molecule has 1 heterocycles. The third-order valence-electron chi connectivity index (χ3n) is 2.69. The topological polar surface area (TPSA) is 59.0 Å². The summed E-state index contributed by atoms with van der Waals surface area (Å²) in [6.07, 6.45) is 0.933. The highest BCUT2D eigenvalue weighted by molar-refractivity contribution is 5.77. The summed E-state index contributed by atoms with van der Waals surface area (Å²) in [4.78, 5) is 11.5. The van der Waals surface area contributed by atoms with Gasteiger partial charge < -0.3 is 10.6 Å². The van der Waals surface area contributed by atoms with Gasteiger partial charge in [-0.25, -0.2) is 0 Å². The summed E-state index contributed by atoms with van der Waals surface area (Å²) >= 11 is 0. The predicted octanol–water partition coefficient (Wildman–Crippen LogP) is 0.844. The molecule has 102 valence electrons. The number of aryl methyl sites for hydroxylation is 2. The van der Waals surface area contributed by atoms with Crippen molar-refractivity contribution in [3.05, 3.63) is 17.5 Å². The van der Waals surface area contributed by atoms with Crippen molar-refractivity contribution < 1.29 is 4.79 Å². The third kappa shape index (κ3) is 4.87. The molecule has 0 unspecified atom stereocenters. The summed E-state index contributed by atoms with van der Waals surface area (Å²) in [5, 5.41) is 10.4. The monoisotopic (exact) mass is 252 g/mol. The zero-order chi connectivity index (χ0) is 13.5. The Labute approximate surface area is 109 Å². The minimum absolute atomic E-state index is 0.0431. The van der Waals surface area contributed by atoms with Gasteiger partial charge in [0.1, 0.15) is 0 Å². The van der Waals surface area contributed by atoms with Crippen LogP contribution in [0.5, 0.6) is 0 Å². The van der Waals surface area contributed by atoms with Gasteiger partial charge in [0, 0.05) is 20.1 Å². The van der Waals surface area contributed by atoms with Gasteiger partial charge >= 0.3 is 0 Å². The number of aromatic nitrogens is 2. The van der Waals surface area contributed by atoms with E-state index in [1.54, 1.807) is 0 Å². The van der Waals surface area contributed by atoms with Crippen LogP contribution in [0.1, 0.15) is 32.2 Å². The standard InChI is InChI=1S/C13H24N4O/c1-5-11-6-12(17(4)16-11)8-14-9-13(18)15-7-10(2)3/h6,10,14H,5,7-9H2,1-4H3,(H,15,18). The second-order valence-electron chi connectivity index (χ2n) is 4.91. The molecule has 0 bridgehead atoms. The lowest BCUT2D eigenvalue weighted by Crippen LogP contribution is -2.35. The fourth-order valence-electron chi connectivity index (χ4n) is 1.59. The van der Waals surface area contributed by atoms with Crippen molar-refractivity contribution in [1.29, 1.82) is 0 Å². The molecule has 0 fully saturated rings. The molecular formula is C13H24N4O. The Bertz CT molecular complexity index is 384. The van der Waals surface area contributed by atoms with Crippen LogP contribution in [0.2, 0.25) is 0 Å². The van der Waals surface area contributed by atoms with E-state index in [0.717, 1.165) is 24.4 Å². The van der Waals surface area contributed by atoms with Crippen LogP contribution in [-0.2, 0) is 24.8 Å². The summed E-state index contributed by atoms with van der Waals surface area (Å²) in [6, 6.07) is 2.07. The number of nitrogens with zero attached hydrogens (tertiary/aromatic N) is 2. The average molecular weight is 252 g/mol. The molecule has 0 radical (unpaired) electrons. The molecule has 0 aliphatic heterocycles. The first-order chi connectivity index (χ1) is 8.52. The molecule has 1 amide bonds. The summed E-state index contributed by atoms with van der Waals surface area (Å²) in [5.74, 6) is 0.528. The lowest BCUT2D eigenvalue weighted by Gasteiger charge is -2.08. The van der Waals surface area contributed by atoms with E-state index in [2.05, 4.69) is 42.6 Å². The maximum Gasteiger partial charge on any atom is 0.233 e. The molecule has 0 saturated heterocycles. The highest BCUT2D eigenvalue weighted by Crippen LogP contribution is 2.02. The van der Waals surface area contributed by atoms with Gasteiger partial charge in [0.2, 0.25) is 5.91 Å². The van der Waals surface area contributed by atoms with Crippen LogP contribution in [0.15, 0.2) is 6.07 Å². The molecule has 0 saturated carbocycles. The van der Waals surface area contributed by atoms with Crippen molar-refractivity contribution in [2.24, 2.45) is 13.0 Å². The maximum atomic E-state index is 11.5.